The number of hydrogen-bond acceptors (Lipinski definition) is 7. The van der Waals surface area contributed by atoms with Gasteiger partial charge < -0.3 is 4.74 Å². The van der Waals surface area contributed by atoms with Crippen molar-refractivity contribution in [1.29, 1.82) is 0 Å². The quantitative estimate of drug-likeness (QED) is 0.331. The molecule has 4 saturated carbocycles. The van der Waals surface area contributed by atoms with Gasteiger partial charge in [0.25, 0.3) is 10.1 Å². The maximum absolute atomic E-state index is 13.8. The highest BCUT2D eigenvalue weighted by Crippen LogP contribution is 2.66. The molecule has 8 nitrogen and oxygen atoms in total. The van der Waals surface area contributed by atoms with Gasteiger partial charge in [0, 0.05) is 43.4 Å². The SMILES string of the molecule is CC(CCC(=O)OC(C)(CS(=O)(=O)O)C(F)(F)F)C1CCC2C3C(=O)CC4CC(=O)CCC4(C)C3CC(=O)C12C. The molecule has 0 bridgehead atoms. The maximum atomic E-state index is 13.8. The molecule has 12 heteroatoms. The number of ether oxygens (including phenoxy) is 1. The van der Waals surface area contributed by atoms with Crippen molar-refractivity contribution in [2.24, 2.45) is 46.3 Å². The fraction of sp³-hybridized carbons (Fsp3) is 0.857. The average molecular weight is 593 g/mol. The van der Waals surface area contributed by atoms with Gasteiger partial charge in [-0.25, -0.2) is 0 Å². The van der Waals surface area contributed by atoms with Crippen LogP contribution in [0, 0.1) is 46.3 Å². The first-order chi connectivity index (χ1) is 18.2. The van der Waals surface area contributed by atoms with Gasteiger partial charge in [0.1, 0.15) is 23.1 Å². The van der Waals surface area contributed by atoms with Gasteiger partial charge in [-0.15, -0.1) is 0 Å². The predicted octanol–water partition coefficient (Wildman–Crippen LogP) is 4.74. The first-order valence-corrected chi connectivity index (χ1v) is 15.7. The van der Waals surface area contributed by atoms with Crippen molar-refractivity contribution in [2.75, 3.05) is 5.75 Å². The molecule has 0 aliphatic heterocycles. The van der Waals surface area contributed by atoms with Crippen molar-refractivity contribution in [3.8, 4) is 0 Å². The third kappa shape index (κ3) is 5.27. The van der Waals surface area contributed by atoms with Gasteiger partial charge in [0.15, 0.2) is 0 Å². The Bertz CT molecular complexity index is 1200. The first-order valence-electron chi connectivity index (χ1n) is 14.0. The summed E-state index contributed by atoms with van der Waals surface area (Å²) in [5.41, 5.74) is -4.46. The molecule has 226 valence electrons. The number of alkyl halides is 3. The molecule has 40 heavy (non-hydrogen) atoms. The van der Waals surface area contributed by atoms with Crippen LogP contribution < -0.4 is 0 Å². The van der Waals surface area contributed by atoms with Crippen LogP contribution in [0.2, 0.25) is 0 Å². The lowest BCUT2D eigenvalue weighted by molar-refractivity contribution is -0.256. The Morgan fingerprint density at radius 3 is 2.35 bits per heavy atom. The van der Waals surface area contributed by atoms with Gasteiger partial charge in [-0.05, 0) is 67.6 Å². The summed E-state index contributed by atoms with van der Waals surface area (Å²) in [6.45, 7) is 6.25. The van der Waals surface area contributed by atoms with Gasteiger partial charge in [0.05, 0.1) is 0 Å². The Morgan fingerprint density at radius 1 is 1.10 bits per heavy atom. The summed E-state index contributed by atoms with van der Waals surface area (Å²) in [7, 11) is -5.09. The van der Waals surface area contributed by atoms with Crippen molar-refractivity contribution in [3.05, 3.63) is 0 Å². The van der Waals surface area contributed by atoms with Crippen LogP contribution in [0.1, 0.15) is 85.5 Å². The zero-order chi connectivity index (χ0) is 30.1. The number of ketones is 3. The second-order valence-electron chi connectivity index (χ2n) is 13.4. The van der Waals surface area contributed by atoms with Crippen molar-refractivity contribution in [2.45, 2.75) is 97.3 Å². The minimum Gasteiger partial charge on any atom is -0.448 e. The summed E-state index contributed by atoms with van der Waals surface area (Å²) < 4.78 is 76.3. The van der Waals surface area contributed by atoms with Crippen LogP contribution in [0.3, 0.4) is 0 Å². The maximum Gasteiger partial charge on any atom is 0.429 e. The molecule has 9 unspecified atom stereocenters. The van der Waals surface area contributed by atoms with Crippen molar-refractivity contribution in [1.82, 2.24) is 0 Å². The summed E-state index contributed by atoms with van der Waals surface area (Å²) in [4.78, 5) is 51.9. The monoisotopic (exact) mass is 592 g/mol. The zero-order valence-corrected chi connectivity index (χ0v) is 24.2. The Kier molecular flexibility index (Phi) is 7.91. The molecule has 4 aliphatic carbocycles. The number of carbonyl (C=O) groups excluding carboxylic acids is 4. The fourth-order valence-corrected chi connectivity index (χ4v) is 9.67. The third-order valence-electron chi connectivity index (χ3n) is 11.1. The van der Waals surface area contributed by atoms with E-state index >= 15 is 0 Å². The number of Topliss-reactive ketones (excluding diaryl/α,β-unsaturated/α-hetero) is 3. The molecule has 4 rings (SSSR count). The van der Waals surface area contributed by atoms with Gasteiger partial charge in [-0.2, -0.15) is 21.6 Å². The Labute approximate surface area is 232 Å². The van der Waals surface area contributed by atoms with Crippen LogP contribution in [0.25, 0.3) is 0 Å². The molecule has 0 radical (unpaired) electrons. The number of fused-ring (bicyclic) bond motifs is 5. The van der Waals surface area contributed by atoms with Crippen LogP contribution >= 0.6 is 0 Å². The predicted molar refractivity (Wildman–Crippen MR) is 136 cm³/mol. The number of carbonyl (C=O) groups is 4. The van der Waals surface area contributed by atoms with Gasteiger partial charge in [0.2, 0.25) is 5.60 Å². The van der Waals surface area contributed by atoms with E-state index in [-0.39, 0.29) is 71.1 Å². The second-order valence-corrected chi connectivity index (χ2v) is 14.8. The molecule has 0 aromatic heterocycles. The van der Waals surface area contributed by atoms with E-state index in [2.05, 4.69) is 11.7 Å². The van der Waals surface area contributed by atoms with E-state index in [1.54, 1.807) is 0 Å². The molecule has 4 aliphatic rings. The highest BCUT2D eigenvalue weighted by Gasteiger charge is 2.66. The van der Waals surface area contributed by atoms with E-state index in [1.807, 2.05) is 13.8 Å². The summed E-state index contributed by atoms with van der Waals surface area (Å²) >= 11 is 0. The van der Waals surface area contributed by atoms with E-state index in [0.717, 1.165) is 0 Å². The molecule has 0 amide bonds. The van der Waals surface area contributed by atoms with E-state index in [0.29, 0.717) is 45.4 Å². The van der Waals surface area contributed by atoms with Gasteiger partial charge in [-0.3, -0.25) is 23.7 Å². The first kappa shape index (κ1) is 31.1. The highest BCUT2D eigenvalue weighted by molar-refractivity contribution is 7.85. The number of rotatable bonds is 7. The second kappa shape index (κ2) is 10.2. The largest absolute Gasteiger partial charge is 0.448 e. The number of halogens is 3. The lowest BCUT2D eigenvalue weighted by atomic mass is 9.44. The molecule has 0 heterocycles. The van der Waals surface area contributed by atoms with Crippen LogP contribution in [0.4, 0.5) is 13.2 Å². The zero-order valence-electron chi connectivity index (χ0n) is 23.4. The summed E-state index contributed by atoms with van der Waals surface area (Å²) in [6.07, 6.45) is -2.11. The topological polar surface area (TPSA) is 132 Å². The molecular weight excluding hydrogens is 553 g/mol. The van der Waals surface area contributed by atoms with Crippen LogP contribution in [-0.4, -0.2) is 53.8 Å². The molecule has 0 spiro atoms. The van der Waals surface area contributed by atoms with Crippen molar-refractivity contribution in [3.63, 3.8) is 0 Å². The summed E-state index contributed by atoms with van der Waals surface area (Å²) in [5.74, 6) is -3.72. The van der Waals surface area contributed by atoms with Crippen molar-refractivity contribution < 1.29 is 50.1 Å². The van der Waals surface area contributed by atoms with Gasteiger partial charge in [-0.1, -0.05) is 20.8 Å². The van der Waals surface area contributed by atoms with E-state index in [9.17, 15) is 40.8 Å². The molecule has 9 atom stereocenters. The van der Waals surface area contributed by atoms with Crippen LogP contribution in [0.15, 0.2) is 0 Å². The van der Waals surface area contributed by atoms with E-state index in [1.165, 1.54) is 0 Å². The van der Waals surface area contributed by atoms with Crippen LogP contribution in [0.5, 0.6) is 0 Å². The number of esters is 1. The Balaban J connectivity index is 1.47. The third-order valence-corrected chi connectivity index (χ3v) is 12.0. The molecular formula is C28H39F3O8S. The smallest absolute Gasteiger partial charge is 0.429 e. The Morgan fingerprint density at radius 2 is 1.75 bits per heavy atom. The Hall–Kier alpha value is -1.82. The summed E-state index contributed by atoms with van der Waals surface area (Å²) in [6, 6.07) is 0. The lowest BCUT2D eigenvalue weighted by Gasteiger charge is -2.58. The lowest BCUT2D eigenvalue weighted by Crippen LogP contribution is -2.60. The highest BCUT2D eigenvalue weighted by atomic mass is 32.2. The molecule has 0 aromatic rings. The summed E-state index contributed by atoms with van der Waals surface area (Å²) in [5, 5.41) is 0. The van der Waals surface area contributed by atoms with Crippen LogP contribution in [-0.2, 0) is 34.0 Å². The molecule has 1 N–H and O–H groups in total. The van der Waals surface area contributed by atoms with E-state index < -0.39 is 45.5 Å². The fourth-order valence-electron chi connectivity index (χ4n) is 8.76. The molecule has 0 saturated heterocycles. The minimum atomic E-state index is -5.23. The molecule has 0 aromatic carbocycles. The van der Waals surface area contributed by atoms with Crippen molar-refractivity contribution >= 4 is 33.4 Å². The van der Waals surface area contributed by atoms with E-state index in [4.69, 9.17) is 4.55 Å². The standard InChI is InChI=1S/C28H39F3O8S/c1-15(5-8-23(35)39-26(3,28(29,30)31)14-40(36,37)38)18-6-7-19-24-20(13-22(34)27(18,19)4)25(2)10-9-17(32)11-16(25)12-21(24)33/h15-16,18-20,24H,5-14H2,1-4H3,(H,36,37,38). The van der Waals surface area contributed by atoms with Gasteiger partial charge >= 0.3 is 12.1 Å². The average Bonchev–Trinajstić information content (AvgIpc) is 3.16. The molecule has 4 fully saturated rings. The number of hydrogen-bond donors (Lipinski definition) is 1. The minimum absolute atomic E-state index is 0.0370. The normalized spacial score (nSPS) is 38.6.